The Kier molecular flexibility index (Phi) is 4.80. The normalized spacial score (nSPS) is 11.0. The van der Waals surface area contributed by atoms with Crippen LogP contribution in [0.25, 0.3) is 40.8 Å². The van der Waals surface area contributed by atoms with Gasteiger partial charge in [-0.05, 0) is 17.2 Å². The lowest BCUT2D eigenvalue weighted by Crippen LogP contribution is -1.82. The van der Waals surface area contributed by atoms with Crippen molar-refractivity contribution < 1.29 is 4.42 Å². The molecule has 0 atom stereocenters. The number of nitrogens with zero attached hydrogens (tertiary/aromatic N) is 1. The molecule has 0 N–H and O–H groups in total. The molecule has 130 valence electrons. The van der Waals surface area contributed by atoms with Gasteiger partial charge in [0.05, 0.1) is 0 Å². The molecule has 2 nitrogen and oxygen atoms in total. The molecule has 0 aliphatic carbocycles. The van der Waals surface area contributed by atoms with E-state index in [1.165, 1.54) is 0 Å². The van der Waals surface area contributed by atoms with E-state index < -0.39 is 0 Å². The summed E-state index contributed by atoms with van der Waals surface area (Å²) in [5, 5.41) is 0. The van der Waals surface area contributed by atoms with Crippen molar-refractivity contribution in [2.45, 2.75) is 0 Å². The van der Waals surface area contributed by atoms with Crippen LogP contribution in [-0.4, -0.2) is 4.98 Å². The van der Waals surface area contributed by atoms with E-state index in [-0.39, 0.29) is 0 Å². The second kappa shape index (κ2) is 7.71. The molecule has 0 radical (unpaired) electrons. The molecule has 0 aliphatic rings. The van der Waals surface area contributed by atoms with Crippen molar-refractivity contribution in [3.63, 3.8) is 0 Å². The third kappa shape index (κ3) is 3.65. The first-order valence-electron chi connectivity index (χ1n) is 8.86. The number of oxazole rings is 1. The molecular formula is C25H19NO. The fraction of sp³-hybridized carbons (Fsp3) is 0. The van der Waals surface area contributed by atoms with Gasteiger partial charge in [-0.25, -0.2) is 4.98 Å². The summed E-state index contributed by atoms with van der Waals surface area (Å²) in [7, 11) is 0. The van der Waals surface area contributed by atoms with E-state index in [2.05, 4.69) is 6.58 Å². The molecule has 0 saturated carbocycles. The van der Waals surface area contributed by atoms with Crippen molar-refractivity contribution in [2.75, 3.05) is 0 Å². The van der Waals surface area contributed by atoms with Gasteiger partial charge in [-0.2, -0.15) is 0 Å². The summed E-state index contributed by atoms with van der Waals surface area (Å²) in [6.07, 6.45) is 5.76. The molecule has 4 aromatic rings. The zero-order valence-corrected chi connectivity index (χ0v) is 14.9. The van der Waals surface area contributed by atoms with Gasteiger partial charge < -0.3 is 4.42 Å². The van der Waals surface area contributed by atoms with Gasteiger partial charge in [-0.1, -0.05) is 97.6 Å². The van der Waals surface area contributed by atoms with Crippen LogP contribution in [0.1, 0.15) is 17.0 Å². The summed E-state index contributed by atoms with van der Waals surface area (Å²) >= 11 is 0. The molecule has 1 heterocycles. The van der Waals surface area contributed by atoms with Crippen LogP contribution in [0.5, 0.6) is 0 Å². The summed E-state index contributed by atoms with van der Waals surface area (Å²) in [5.74, 6) is 1.35. The Hall–Kier alpha value is -3.65. The van der Waals surface area contributed by atoms with Crippen molar-refractivity contribution in [3.05, 3.63) is 109 Å². The van der Waals surface area contributed by atoms with Gasteiger partial charge in [0.25, 0.3) is 0 Å². The minimum Gasteiger partial charge on any atom is -0.436 e. The first-order chi connectivity index (χ1) is 13.3. The van der Waals surface area contributed by atoms with E-state index in [0.29, 0.717) is 5.89 Å². The number of aromatic nitrogens is 1. The number of benzene rings is 3. The number of rotatable bonds is 5. The molecule has 0 unspecified atom stereocenters. The Morgan fingerprint density at radius 3 is 1.93 bits per heavy atom. The van der Waals surface area contributed by atoms with Gasteiger partial charge in [-0.3, -0.25) is 0 Å². The maximum absolute atomic E-state index is 6.13. The van der Waals surface area contributed by atoms with Crippen LogP contribution in [0.15, 0.2) is 95.9 Å². The van der Waals surface area contributed by atoms with E-state index in [4.69, 9.17) is 9.40 Å². The summed E-state index contributed by atoms with van der Waals surface area (Å²) in [6, 6.07) is 28.3. The molecule has 0 spiro atoms. The van der Waals surface area contributed by atoms with Crippen LogP contribution in [0.3, 0.4) is 0 Å². The summed E-state index contributed by atoms with van der Waals surface area (Å²) in [4.78, 5) is 4.75. The lowest BCUT2D eigenvalue weighted by Gasteiger charge is -2.00. The monoisotopic (exact) mass is 349 g/mol. The van der Waals surface area contributed by atoms with Gasteiger partial charge in [0.15, 0.2) is 5.76 Å². The molecule has 0 amide bonds. The van der Waals surface area contributed by atoms with Crippen molar-refractivity contribution in [3.8, 4) is 22.6 Å². The fourth-order valence-corrected chi connectivity index (χ4v) is 2.99. The molecule has 3 aromatic carbocycles. The standard InChI is InChI=1S/C25H19NO/c1-2-19-11-9-10-12-20(19)17-18-23-26-24(21-13-5-3-6-14-21)25(27-23)22-15-7-4-8-16-22/h2-18H,1H2/b18-17+. The van der Waals surface area contributed by atoms with Crippen LogP contribution in [0.2, 0.25) is 0 Å². The lowest BCUT2D eigenvalue weighted by molar-refractivity contribution is 0.561. The zero-order chi connectivity index (χ0) is 18.5. The minimum atomic E-state index is 0.576. The molecule has 4 rings (SSSR count). The van der Waals surface area contributed by atoms with Gasteiger partial charge in [-0.15, -0.1) is 0 Å². The maximum atomic E-state index is 6.13. The van der Waals surface area contributed by atoms with E-state index in [1.807, 2.05) is 103 Å². The second-order valence-corrected chi connectivity index (χ2v) is 6.13. The Labute approximate surface area is 159 Å². The maximum Gasteiger partial charge on any atom is 0.220 e. The molecule has 0 bridgehead atoms. The smallest absolute Gasteiger partial charge is 0.220 e. The highest BCUT2D eigenvalue weighted by Gasteiger charge is 2.15. The highest BCUT2D eigenvalue weighted by molar-refractivity contribution is 5.79. The first-order valence-corrected chi connectivity index (χ1v) is 8.86. The Morgan fingerprint density at radius 2 is 1.26 bits per heavy atom. The Morgan fingerprint density at radius 1 is 0.667 bits per heavy atom. The average molecular weight is 349 g/mol. The van der Waals surface area contributed by atoms with Crippen LogP contribution < -0.4 is 0 Å². The molecule has 0 aliphatic heterocycles. The summed E-state index contributed by atoms with van der Waals surface area (Å²) in [6.45, 7) is 3.87. The number of hydrogen-bond acceptors (Lipinski definition) is 2. The molecule has 0 saturated heterocycles. The lowest BCUT2D eigenvalue weighted by atomic mass is 10.1. The van der Waals surface area contributed by atoms with Crippen molar-refractivity contribution >= 4 is 18.2 Å². The summed E-state index contributed by atoms with van der Waals surface area (Å²) in [5.41, 5.74) is 5.04. The molecule has 1 aromatic heterocycles. The van der Waals surface area contributed by atoms with E-state index in [9.17, 15) is 0 Å². The topological polar surface area (TPSA) is 26.0 Å². The molecule has 0 fully saturated rings. The third-order valence-electron chi connectivity index (χ3n) is 4.35. The third-order valence-corrected chi connectivity index (χ3v) is 4.35. The average Bonchev–Trinajstić information content (AvgIpc) is 3.18. The Balaban J connectivity index is 1.78. The van der Waals surface area contributed by atoms with Gasteiger partial charge in [0.1, 0.15) is 5.69 Å². The predicted molar refractivity (Wildman–Crippen MR) is 113 cm³/mol. The van der Waals surface area contributed by atoms with Crippen molar-refractivity contribution in [1.82, 2.24) is 4.98 Å². The van der Waals surface area contributed by atoms with Crippen LogP contribution in [-0.2, 0) is 0 Å². The van der Waals surface area contributed by atoms with E-state index >= 15 is 0 Å². The first kappa shape index (κ1) is 16.8. The van der Waals surface area contributed by atoms with E-state index in [0.717, 1.165) is 33.7 Å². The number of hydrogen-bond donors (Lipinski definition) is 0. The fourth-order valence-electron chi connectivity index (χ4n) is 2.99. The summed E-state index contributed by atoms with van der Waals surface area (Å²) < 4.78 is 6.13. The van der Waals surface area contributed by atoms with Crippen molar-refractivity contribution in [2.24, 2.45) is 0 Å². The van der Waals surface area contributed by atoms with Crippen LogP contribution in [0.4, 0.5) is 0 Å². The molecule has 2 heteroatoms. The van der Waals surface area contributed by atoms with Gasteiger partial charge >= 0.3 is 0 Å². The predicted octanol–water partition coefficient (Wildman–Crippen LogP) is 6.82. The largest absolute Gasteiger partial charge is 0.436 e. The van der Waals surface area contributed by atoms with Gasteiger partial charge in [0, 0.05) is 17.2 Å². The van der Waals surface area contributed by atoms with E-state index in [1.54, 1.807) is 0 Å². The van der Waals surface area contributed by atoms with Crippen LogP contribution in [0, 0.1) is 0 Å². The quantitative estimate of drug-likeness (QED) is 0.395. The zero-order valence-electron chi connectivity index (χ0n) is 14.9. The highest BCUT2D eigenvalue weighted by Crippen LogP contribution is 2.33. The second-order valence-electron chi connectivity index (χ2n) is 6.13. The SMILES string of the molecule is C=Cc1ccccc1/C=C/c1nc(-c2ccccc2)c(-c2ccccc2)o1. The van der Waals surface area contributed by atoms with Crippen LogP contribution >= 0.6 is 0 Å². The van der Waals surface area contributed by atoms with Crippen molar-refractivity contribution in [1.29, 1.82) is 0 Å². The Bertz CT molecular complexity index is 1020. The minimum absolute atomic E-state index is 0.576. The molecular weight excluding hydrogens is 330 g/mol. The van der Waals surface area contributed by atoms with Gasteiger partial charge in [0.2, 0.25) is 5.89 Å². The highest BCUT2D eigenvalue weighted by atomic mass is 16.4. The molecule has 27 heavy (non-hydrogen) atoms.